The van der Waals surface area contributed by atoms with E-state index in [4.69, 9.17) is 14.6 Å². The molecule has 0 bridgehead atoms. The Kier molecular flexibility index (Phi) is 3.71. The van der Waals surface area contributed by atoms with E-state index < -0.39 is 30.3 Å². The van der Waals surface area contributed by atoms with Gasteiger partial charge < -0.3 is 19.9 Å². The number of fused-ring (bicyclic) bond motifs is 1. The molecule has 0 fully saturated rings. The lowest BCUT2D eigenvalue weighted by Gasteiger charge is -2.06. The maximum atomic E-state index is 13.1. The lowest BCUT2D eigenvalue weighted by Crippen LogP contribution is -2.36. The van der Waals surface area contributed by atoms with E-state index in [9.17, 15) is 14.0 Å². The molecular weight excluding hydrogens is 269 g/mol. The maximum Gasteiger partial charge on any atom is 0.334 e. The summed E-state index contributed by atoms with van der Waals surface area (Å²) in [5.41, 5.74) is 0.801. The second-order valence-corrected chi connectivity index (χ2v) is 4.26. The normalized spacial score (nSPS) is 12.3. The number of benzene rings is 1. The van der Waals surface area contributed by atoms with Crippen molar-refractivity contribution >= 4 is 22.8 Å². The molecule has 1 aromatic heterocycles. The summed E-state index contributed by atoms with van der Waals surface area (Å²) >= 11 is 0. The molecule has 0 aliphatic heterocycles. The number of hydrogen-bond acceptors (Lipinski definition) is 4. The van der Waals surface area contributed by atoms with Crippen LogP contribution < -0.4 is 5.32 Å². The molecule has 0 saturated heterocycles. The Bertz CT molecular complexity index is 679. The molecule has 0 radical (unpaired) electrons. The average Bonchev–Trinajstić information content (AvgIpc) is 2.73. The monoisotopic (exact) mass is 281 g/mol. The molecule has 2 aromatic rings. The summed E-state index contributed by atoms with van der Waals surface area (Å²) in [6.07, 6.45) is -1.69. The van der Waals surface area contributed by atoms with Gasteiger partial charge in [-0.3, -0.25) is 4.79 Å². The predicted octanol–water partition coefficient (Wildman–Crippen LogP) is 1.06. The van der Waals surface area contributed by atoms with E-state index in [0.29, 0.717) is 16.5 Å². The highest BCUT2D eigenvalue weighted by atomic mass is 19.1. The van der Waals surface area contributed by atoms with Crippen molar-refractivity contribution in [2.24, 2.45) is 0 Å². The molecule has 106 valence electrons. The zero-order valence-corrected chi connectivity index (χ0v) is 10.5. The molecule has 3 N–H and O–H groups in total. The first-order chi connectivity index (χ1) is 9.40. The molecule has 0 saturated carbocycles. The number of aliphatic hydroxyl groups is 1. The number of amides is 1. The third-order valence-electron chi connectivity index (χ3n) is 2.85. The van der Waals surface area contributed by atoms with Gasteiger partial charge in [-0.2, -0.15) is 0 Å². The number of rotatable bonds is 4. The smallest absolute Gasteiger partial charge is 0.334 e. The molecule has 1 heterocycles. The van der Waals surface area contributed by atoms with E-state index in [2.05, 4.69) is 5.32 Å². The Hall–Kier alpha value is -2.41. The molecule has 1 unspecified atom stereocenters. The number of hydrogen-bond donors (Lipinski definition) is 3. The predicted molar refractivity (Wildman–Crippen MR) is 66.9 cm³/mol. The van der Waals surface area contributed by atoms with Gasteiger partial charge in [-0.1, -0.05) is 0 Å². The number of carboxylic acids is 1. The van der Waals surface area contributed by atoms with Crippen molar-refractivity contribution in [3.8, 4) is 0 Å². The van der Waals surface area contributed by atoms with Crippen LogP contribution in [0.15, 0.2) is 22.6 Å². The standard InChI is InChI=1S/C13H12FNO5/c1-6-8-4-7(14)2-3-10(8)20-11(6)12(17)15-5-9(16)13(18)19/h2-4,9,16H,5H2,1H3,(H,15,17)(H,18,19). The Labute approximate surface area is 112 Å². The third-order valence-corrected chi connectivity index (χ3v) is 2.85. The summed E-state index contributed by atoms with van der Waals surface area (Å²) in [6.45, 7) is 1.15. The fourth-order valence-corrected chi connectivity index (χ4v) is 1.77. The van der Waals surface area contributed by atoms with E-state index in [1.165, 1.54) is 18.2 Å². The largest absolute Gasteiger partial charge is 0.479 e. The van der Waals surface area contributed by atoms with Gasteiger partial charge in [-0.25, -0.2) is 9.18 Å². The highest BCUT2D eigenvalue weighted by Gasteiger charge is 2.20. The molecule has 1 amide bonds. The maximum absolute atomic E-state index is 13.1. The van der Waals surface area contributed by atoms with Gasteiger partial charge >= 0.3 is 5.97 Å². The van der Waals surface area contributed by atoms with Gasteiger partial charge in [-0.15, -0.1) is 0 Å². The molecular formula is C13H12FNO5. The van der Waals surface area contributed by atoms with Crippen LogP contribution in [0.2, 0.25) is 0 Å². The van der Waals surface area contributed by atoms with E-state index in [1.807, 2.05) is 0 Å². The van der Waals surface area contributed by atoms with Crippen molar-refractivity contribution < 1.29 is 28.6 Å². The highest BCUT2D eigenvalue weighted by Crippen LogP contribution is 2.25. The topological polar surface area (TPSA) is 99.8 Å². The Morgan fingerprint density at radius 3 is 2.80 bits per heavy atom. The molecule has 7 heteroatoms. The molecule has 6 nitrogen and oxygen atoms in total. The fourth-order valence-electron chi connectivity index (χ4n) is 1.77. The van der Waals surface area contributed by atoms with Crippen molar-refractivity contribution in [1.82, 2.24) is 5.32 Å². The highest BCUT2D eigenvalue weighted by molar-refractivity contribution is 5.99. The van der Waals surface area contributed by atoms with Crippen molar-refractivity contribution in [2.45, 2.75) is 13.0 Å². The van der Waals surface area contributed by atoms with Gasteiger partial charge in [-0.05, 0) is 25.1 Å². The SMILES string of the molecule is Cc1c(C(=O)NCC(O)C(=O)O)oc2ccc(F)cc12. The Morgan fingerprint density at radius 2 is 2.15 bits per heavy atom. The van der Waals surface area contributed by atoms with Gasteiger partial charge in [0, 0.05) is 10.9 Å². The van der Waals surface area contributed by atoms with E-state index in [-0.39, 0.29) is 5.76 Å². The van der Waals surface area contributed by atoms with E-state index >= 15 is 0 Å². The van der Waals surface area contributed by atoms with Crippen LogP contribution in [0.4, 0.5) is 4.39 Å². The van der Waals surface area contributed by atoms with Crippen LogP contribution in [0.5, 0.6) is 0 Å². The zero-order valence-electron chi connectivity index (χ0n) is 10.5. The minimum absolute atomic E-state index is 0.0387. The number of furan rings is 1. The average molecular weight is 281 g/mol. The molecule has 1 aromatic carbocycles. The quantitative estimate of drug-likeness (QED) is 0.778. The molecule has 1 atom stereocenters. The van der Waals surface area contributed by atoms with Crippen LogP contribution in [0.25, 0.3) is 11.0 Å². The van der Waals surface area contributed by atoms with Gasteiger partial charge in [0.25, 0.3) is 5.91 Å². The number of halogens is 1. The first-order valence-corrected chi connectivity index (χ1v) is 5.78. The lowest BCUT2D eigenvalue weighted by atomic mass is 10.1. The minimum atomic E-state index is -1.69. The molecule has 2 rings (SSSR count). The van der Waals surface area contributed by atoms with E-state index in [0.717, 1.165) is 0 Å². The van der Waals surface area contributed by atoms with Gasteiger partial charge in [0.05, 0.1) is 6.54 Å². The number of carboxylic acid groups (broad SMARTS) is 1. The van der Waals surface area contributed by atoms with Gasteiger partial charge in [0.15, 0.2) is 11.9 Å². The van der Waals surface area contributed by atoms with Gasteiger partial charge in [0.2, 0.25) is 0 Å². The number of aliphatic carboxylic acids is 1. The van der Waals surface area contributed by atoms with Crippen LogP contribution in [0, 0.1) is 12.7 Å². The fraction of sp³-hybridized carbons (Fsp3) is 0.231. The second-order valence-electron chi connectivity index (χ2n) is 4.26. The summed E-state index contributed by atoms with van der Waals surface area (Å²) in [5, 5.41) is 20.3. The molecule has 0 spiro atoms. The van der Waals surface area contributed by atoms with Crippen LogP contribution in [-0.4, -0.2) is 34.7 Å². The summed E-state index contributed by atoms with van der Waals surface area (Å²) in [7, 11) is 0. The van der Waals surface area contributed by atoms with Crippen molar-refractivity contribution in [3.05, 3.63) is 35.3 Å². The number of aryl methyl sites for hydroxylation is 1. The summed E-state index contributed by atoms with van der Waals surface area (Å²) in [6, 6.07) is 3.86. The van der Waals surface area contributed by atoms with Crippen LogP contribution in [0.3, 0.4) is 0 Å². The van der Waals surface area contributed by atoms with Crippen LogP contribution in [-0.2, 0) is 4.79 Å². The second kappa shape index (κ2) is 5.30. The third kappa shape index (κ3) is 2.62. The van der Waals surface area contributed by atoms with Crippen molar-refractivity contribution in [3.63, 3.8) is 0 Å². The number of carbonyl (C=O) groups excluding carboxylic acids is 1. The molecule has 0 aliphatic rings. The van der Waals surface area contributed by atoms with Crippen LogP contribution in [0.1, 0.15) is 16.1 Å². The zero-order chi connectivity index (χ0) is 14.9. The Morgan fingerprint density at radius 1 is 1.45 bits per heavy atom. The molecule has 20 heavy (non-hydrogen) atoms. The lowest BCUT2D eigenvalue weighted by molar-refractivity contribution is -0.146. The minimum Gasteiger partial charge on any atom is -0.479 e. The Balaban J connectivity index is 2.22. The van der Waals surface area contributed by atoms with E-state index in [1.54, 1.807) is 6.92 Å². The van der Waals surface area contributed by atoms with Crippen LogP contribution >= 0.6 is 0 Å². The number of carbonyl (C=O) groups is 2. The summed E-state index contributed by atoms with van der Waals surface area (Å²) < 4.78 is 18.4. The van der Waals surface area contributed by atoms with Crippen molar-refractivity contribution in [2.75, 3.05) is 6.54 Å². The molecule has 0 aliphatic carbocycles. The summed E-state index contributed by atoms with van der Waals surface area (Å²) in [4.78, 5) is 22.3. The number of nitrogens with one attached hydrogen (secondary N) is 1. The number of aliphatic hydroxyl groups excluding tert-OH is 1. The first kappa shape index (κ1) is 14.0. The summed E-state index contributed by atoms with van der Waals surface area (Å²) in [5.74, 6) is -2.59. The van der Waals surface area contributed by atoms with Crippen molar-refractivity contribution in [1.29, 1.82) is 0 Å². The van der Waals surface area contributed by atoms with Gasteiger partial charge in [0.1, 0.15) is 11.4 Å². The first-order valence-electron chi connectivity index (χ1n) is 5.78.